The molecule has 4 amide bonds. The molecule has 694 valence electrons. The van der Waals surface area contributed by atoms with Gasteiger partial charge in [-0.2, -0.15) is 25.7 Å². The van der Waals surface area contributed by atoms with E-state index in [1.807, 2.05) is 118 Å². The normalized spacial score (nSPS) is 15.8. The number of hydrogen-bond donors (Lipinski definition) is 0. The van der Waals surface area contributed by atoms with Crippen molar-refractivity contribution in [1.29, 1.82) is 5.26 Å². The number of carbonyl (C=O) groups excluding carboxylic acids is 8. The SMILES string of the molecule is COc1cc(CC(=O)N2CCN(CCc3ccc4c(c3)COC4=O)CC2)ccc1-n1cncn1.N#Cc1cc(-n2cncn2)ccc1CC(=O)N1CCN(CCc2ccc3c(c2)COC3=O)CC1.O=C1OCc2cc(CCN3CCN(C(=O)Cc4cc(F)c(-n5cncn5)cc4F)CC3)ccc21.O=C1OCc2cc(CCN3CCN(C(=O)Cc4ccc(-n5cncn5)cc4Br)CC3)ccc21. The molecule has 0 spiro atoms. The number of ether oxygens (including phenoxy) is 5. The average Bonchev–Trinajstić information content (AvgIpc) is 1.47. The largest absolute Gasteiger partial charge is 0.494 e. The summed E-state index contributed by atoms with van der Waals surface area (Å²) >= 11 is 3.59. The minimum atomic E-state index is -0.665. The lowest BCUT2D eigenvalue weighted by Gasteiger charge is -2.35. The Bertz CT molecular complexity index is 6370. The molecule has 4 saturated heterocycles. The number of fused-ring (bicyclic) bond motifs is 4. The number of hydrogen-bond acceptors (Lipinski definition) is 26. The van der Waals surface area contributed by atoms with Crippen LogP contribution in [0.2, 0.25) is 0 Å². The van der Waals surface area contributed by atoms with Crippen molar-refractivity contribution in [3.63, 3.8) is 0 Å². The molecule has 0 radical (unpaired) electrons. The van der Waals surface area contributed by atoms with Gasteiger partial charge in [0.1, 0.15) is 106 Å². The van der Waals surface area contributed by atoms with Gasteiger partial charge >= 0.3 is 23.9 Å². The molecule has 34 nitrogen and oxygen atoms in total. The van der Waals surface area contributed by atoms with Crippen molar-refractivity contribution in [2.45, 2.75) is 77.8 Å². The molecule has 0 unspecified atom stereocenters. The van der Waals surface area contributed by atoms with Gasteiger partial charge in [0, 0.05) is 169 Å². The maximum atomic E-state index is 14.5. The van der Waals surface area contributed by atoms with Crippen molar-refractivity contribution in [2.24, 2.45) is 0 Å². The van der Waals surface area contributed by atoms with Crippen LogP contribution in [0.5, 0.6) is 5.75 Å². The number of nitriles is 1. The zero-order valence-corrected chi connectivity index (χ0v) is 75.9. The highest BCUT2D eigenvalue weighted by molar-refractivity contribution is 9.10. The molecule has 20 rings (SSSR count). The highest BCUT2D eigenvalue weighted by Gasteiger charge is 2.31. The van der Waals surface area contributed by atoms with Crippen LogP contribution in [0.15, 0.2) is 195 Å². The van der Waals surface area contributed by atoms with Crippen LogP contribution in [-0.4, -0.2) is 284 Å². The summed E-state index contributed by atoms with van der Waals surface area (Å²) in [4.78, 5) is 130. The van der Waals surface area contributed by atoms with Gasteiger partial charge in [-0.15, -0.1) is 0 Å². The van der Waals surface area contributed by atoms with E-state index in [2.05, 4.69) is 100 Å². The molecule has 37 heteroatoms. The molecular formula is C98H98BrF2N21O13. The highest BCUT2D eigenvalue weighted by Crippen LogP contribution is 2.31. The van der Waals surface area contributed by atoms with E-state index in [0.717, 1.165) is 200 Å². The van der Waals surface area contributed by atoms with E-state index >= 15 is 0 Å². The van der Waals surface area contributed by atoms with Gasteiger partial charge in [-0.1, -0.05) is 82.7 Å². The number of aromatic nitrogens is 12. The van der Waals surface area contributed by atoms with E-state index in [-0.39, 0.29) is 71.6 Å². The van der Waals surface area contributed by atoms with Gasteiger partial charge in [0.25, 0.3) is 0 Å². The number of nitrogens with zero attached hydrogens (tertiary/aromatic N) is 21. The van der Waals surface area contributed by atoms with Gasteiger partial charge in [-0.25, -0.2) is 66.6 Å². The maximum absolute atomic E-state index is 14.5. The molecule has 12 heterocycles. The summed E-state index contributed by atoms with van der Waals surface area (Å²) in [6.45, 7) is 16.8. The van der Waals surface area contributed by atoms with Crippen molar-refractivity contribution < 1.29 is 70.8 Å². The summed E-state index contributed by atoms with van der Waals surface area (Å²) in [6.07, 6.45) is 16.0. The lowest BCUT2D eigenvalue weighted by Crippen LogP contribution is -2.49. The molecule has 12 aromatic rings. The fraction of sp³-hybridized carbons (Fsp3) is 0.337. The molecule has 8 aliphatic heterocycles. The topological polar surface area (TPSA) is 355 Å². The fourth-order valence-corrected chi connectivity index (χ4v) is 18.1. The first-order valence-corrected chi connectivity index (χ1v) is 45.6. The van der Waals surface area contributed by atoms with Crippen molar-refractivity contribution in [3.8, 4) is 34.6 Å². The minimum absolute atomic E-state index is 0.0212. The Balaban J connectivity index is 0.000000125. The number of amides is 4. The van der Waals surface area contributed by atoms with Crippen LogP contribution in [0.4, 0.5) is 8.78 Å². The first-order valence-electron chi connectivity index (χ1n) is 44.8. The summed E-state index contributed by atoms with van der Waals surface area (Å²) in [5.74, 6) is -1.55. The predicted molar refractivity (Wildman–Crippen MR) is 488 cm³/mol. The monoisotopic (exact) mass is 1890 g/mol. The Labute approximate surface area is 784 Å². The quantitative estimate of drug-likeness (QED) is 0.0383. The van der Waals surface area contributed by atoms with Gasteiger partial charge in [-0.3, -0.25) is 38.8 Å². The van der Waals surface area contributed by atoms with Crippen LogP contribution in [0, 0.1) is 23.0 Å². The van der Waals surface area contributed by atoms with E-state index in [1.54, 1.807) is 51.1 Å². The smallest absolute Gasteiger partial charge is 0.338 e. The third kappa shape index (κ3) is 22.9. The zero-order chi connectivity index (χ0) is 93.4. The lowest BCUT2D eigenvalue weighted by molar-refractivity contribution is -0.133. The molecule has 135 heavy (non-hydrogen) atoms. The van der Waals surface area contributed by atoms with Gasteiger partial charge < -0.3 is 43.3 Å². The van der Waals surface area contributed by atoms with Gasteiger partial charge in [-0.05, 0) is 131 Å². The minimum Gasteiger partial charge on any atom is -0.494 e. The Morgan fingerprint density at radius 1 is 0.370 bits per heavy atom. The molecule has 8 aromatic carbocycles. The summed E-state index contributed by atoms with van der Waals surface area (Å²) in [5.41, 5.74) is 16.7. The molecular weight excluding hydrogens is 1800 g/mol. The van der Waals surface area contributed by atoms with Crippen molar-refractivity contribution in [1.82, 2.24) is 98.3 Å². The Morgan fingerprint density at radius 3 is 1.07 bits per heavy atom. The maximum Gasteiger partial charge on any atom is 0.338 e. The van der Waals surface area contributed by atoms with E-state index < -0.39 is 11.6 Å². The molecule has 0 atom stereocenters. The highest BCUT2D eigenvalue weighted by atomic mass is 79.9. The number of benzene rings is 8. The third-order valence-corrected chi connectivity index (χ3v) is 26.2. The first-order chi connectivity index (χ1) is 65.7. The number of cyclic esters (lactones) is 4. The third-order valence-electron chi connectivity index (χ3n) is 25.4. The number of methoxy groups -OCH3 is 1. The Kier molecular flexibility index (Phi) is 29.5. The van der Waals surface area contributed by atoms with E-state index in [4.69, 9.17) is 23.7 Å². The van der Waals surface area contributed by atoms with E-state index in [1.165, 1.54) is 48.3 Å². The fourth-order valence-electron chi connectivity index (χ4n) is 17.6. The summed E-state index contributed by atoms with van der Waals surface area (Å²) in [6, 6.07) is 44.8. The molecule has 4 aromatic heterocycles. The zero-order valence-electron chi connectivity index (χ0n) is 74.4. The first kappa shape index (κ1) is 92.4. The number of carbonyl (C=O) groups is 8. The van der Waals surface area contributed by atoms with Gasteiger partial charge in [0.15, 0.2) is 0 Å². The predicted octanol–water partition coefficient (Wildman–Crippen LogP) is 8.39. The number of rotatable bonds is 25. The van der Waals surface area contributed by atoms with Crippen LogP contribution in [0.1, 0.15) is 114 Å². The molecule has 0 aliphatic carbocycles. The number of piperazine rings is 4. The van der Waals surface area contributed by atoms with Crippen molar-refractivity contribution in [2.75, 3.05) is 138 Å². The number of halogens is 3. The van der Waals surface area contributed by atoms with Crippen LogP contribution in [0.25, 0.3) is 22.7 Å². The second-order valence-corrected chi connectivity index (χ2v) is 34.7. The molecule has 0 saturated carbocycles. The van der Waals surface area contributed by atoms with Crippen LogP contribution >= 0.6 is 15.9 Å². The Hall–Kier alpha value is -14.5. The van der Waals surface area contributed by atoms with Crippen molar-refractivity contribution in [3.05, 3.63) is 301 Å². The molecule has 4 fully saturated rings. The van der Waals surface area contributed by atoms with Gasteiger partial charge in [0.2, 0.25) is 23.6 Å². The molecule has 0 N–H and O–H groups in total. The van der Waals surface area contributed by atoms with E-state index in [9.17, 15) is 52.4 Å². The van der Waals surface area contributed by atoms with Crippen LogP contribution < -0.4 is 4.74 Å². The lowest BCUT2D eigenvalue weighted by atomic mass is 10.0. The van der Waals surface area contributed by atoms with E-state index in [0.29, 0.717) is 112 Å². The van der Waals surface area contributed by atoms with Crippen molar-refractivity contribution >= 4 is 63.4 Å². The van der Waals surface area contributed by atoms with Crippen LogP contribution in [0.3, 0.4) is 0 Å². The molecule has 8 aliphatic rings. The summed E-state index contributed by atoms with van der Waals surface area (Å²) in [5, 5.41) is 25.7. The second-order valence-electron chi connectivity index (χ2n) is 33.9. The molecule has 0 bridgehead atoms. The Morgan fingerprint density at radius 2 is 0.711 bits per heavy atom. The second kappa shape index (κ2) is 43.1. The number of esters is 4. The van der Waals surface area contributed by atoms with Crippen LogP contribution in [-0.2, 0) is 116 Å². The summed E-state index contributed by atoms with van der Waals surface area (Å²) < 4.78 is 61.7. The van der Waals surface area contributed by atoms with Gasteiger partial charge in [0.05, 0.1) is 78.1 Å². The standard InChI is InChI=1S/C25H24N6O3.C25H27N5O4.C24H24BrN5O3.C24H23F2N5O3/c26-14-20-12-22(31-17-27-16-28-31)3-2-19(20)13-24(32)30-9-7-29(8-10-30)6-5-18-1-4-23-21(11-18)15-34-25(23)33;1-33-23-13-19(3-5-22(23)30-17-26-16-27-30)14-24(31)29-10-8-28(9-11-29)7-6-18-2-4-21-20(12-18)15-34-25(21)32;25-22-13-20(30-16-26-15-27-30)3-2-18(22)12-23(31)29-9-7-28(8-10-29)6-5-17-1-4-21-19(11-17)14-33-24(21)32;25-20-12-22(31-15-27-14-28-31)21(26)10-17(20)11-23(32)30-7-5-29(6-8-30)4-3-16-1-2-19-18(9-16)13-34-24(19)33/h1-4,11-12,16-17H,5-10,13,15H2;2-5,12-13,16-17H,6-11,14-15H2,1H3;1-4,11,13,15-16H,5-10,12,14H2;1-2,9-10,12,14-15H,3-8,11,13H2. The average molecular weight is 1900 g/mol. The summed E-state index contributed by atoms with van der Waals surface area (Å²) in [7, 11) is 1.61.